The van der Waals surface area contributed by atoms with Crippen LogP contribution in [0.1, 0.15) is 23.3 Å². The standard InChI is InChI=1S/C16H20N4O3S/c1-19(13-7-3-2-4-8-13)18-16(21)15-11-14(12-17-15)24(22,23)20-9-5-6-10-20/h2-4,7-8,11-12,17H,5-6,9-10H2,1H3,(H,18,21). The molecule has 3 rings (SSSR count). The van der Waals surface area contributed by atoms with Crippen LogP contribution in [0, 0.1) is 0 Å². The second-order valence-electron chi connectivity index (χ2n) is 5.70. The van der Waals surface area contributed by atoms with Gasteiger partial charge in [-0.3, -0.25) is 15.2 Å². The second-order valence-corrected chi connectivity index (χ2v) is 7.63. The minimum Gasteiger partial charge on any atom is -0.356 e. The van der Waals surface area contributed by atoms with E-state index in [-0.39, 0.29) is 10.6 Å². The highest BCUT2D eigenvalue weighted by Gasteiger charge is 2.28. The van der Waals surface area contributed by atoms with Gasteiger partial charge in [-0.1, -0.05) is 18.2 Å². The van der Waals surface area contributed by atoms with Crippen molar-refractivity contribution in [2.75, 3.05) is 25.1 Å². The van der Waals surface area contributed by atoms with Crippen molar-refractivity contribution in [3.63, 3.8) is 0 Å². The SMILES string of the molecule is CN(NC(=O)c1cc(S(=O)(=O)N2CCCC2)c[nH]1)c1ccccc1. The lowest BCUT2D eigenvalue weighted by Crippen LogP contribution is -2.39. The number of nitrogens with one attached hydrogen (secondary N) is 2. The summed E-state index contributed by atoms with van der Waals surface area (Å²) in [4.78, 5) is 15.2. The molecule has 1 amide bonds. The predicted octanol–water partition coefficient (Wildman–Crippen LogP) is 1.58. The molecule has 8 heteroatoms. The summed E-state index contributed by atoms with van der Waals surface area (Å²) in [6.45, 7) is 1.07. The van der Waals surface area contributed by atoms with Crippen LogP contribution < -0.4 is 10.4 Å². The first-order valence-corrected chi connectivity index (χ1v) is 9.21. The van der Waals surface area contributed by atoms with Crippen LogP contribution in [0.25, 0.3) is 0 Å². The second kappa shape index (κ2) is 6.66. The lowest BCUT2D eigenvalue weighted by molar-refractivity contribution is 0.0947. The van der Waals surface area contributed by atoms with Gasteiger partial charge in [0, 0.05) is 26.3 Å². The van der Waals surface area contributed by atoms with E-state index in [1.54, 1.807) is 12.1 Å². The zero-order valence-corrected chi connectivity index (χ0v) is 14.2. The van der Waals surface area contributed by atoms with Gasteiger partial charge in [-0.15, -0.1) is 0 Å². The number of carbonyl (C=O) groups is 1. The number of anilines is 1. The Morgan fingerprint density at radius 3 is 2.54 bits per heavy atom. The van der Waals surface area contributed by atoms with E-state index >= 15 is 0 Å². The molecule has 0 radical (unpaired) electrons. The van der Waals surface area contributed by atoms with Gasteiger partial charge in [-0.25, -0.2) is 8.42 Å². The topological polar surface area (TPSA) is 85.5 Å². The van der Waals surface area contributed by atoms with Crippen molar-refractivity contribution in [2.45, 2.75) is 17.7 Å². The molecular formula is C16H20N4O3S. The maximum Gasteiger partial charge on any atom is 0.286 e. The van der Waals surface area contributed by atoms with Crippen molar-refractivity contribution < 1.29 is 13.2 Å². The number of hydrogen-bond donors (Lipinski definition) is 2. The number of aromatic nitrogens is 1. The fraction of sp³-hybridized carbons (Fsp3) is 0.312. The Labute approximate surface area is 141 Å². The molecule has 1 aliphatic heterocycles. The first kappa shape index (κ1) is 16.5. The molecule has 0 atom stereocenters. The number of H-pyrrole nitrogens is 1. The number of carbonyl (C=O) groups excluding carboxylic acids is 1. The number of rotatable bonds is 5. The third kappa shape index (κ3) is 3.29. The number of nitrogens with zero attached hydrogens (tertiary/aromatic N) is 2. The lowest BCUT2D eigenvalue weighted by Gasteiger charge is -2.19. The van der Waals surface area contributed by atoms with E-state index < -0.39 is 15.9 Å². The minimum absolute atomic E-state index is 0.122. The smallest absolute Gasteiger partial charge is 0.286 e. The number of hydrazine groups is 1. The zero-order chi connectivity index (χ0) is 17.2. The van der Waals surface area contributed by atoms with Gasteiger partial charge in [0.25, 0.3) is 5.91 Å². The molecule has 0 bridgehead atoms. The third-order valence-electron chi connectivity index (χ3n) is 4.02. The normalized spacial score (nSPS) is 15.4. The predicted molar refractivity (Wildman–Crippen MR) is 91.1 cm³/mol. The van der Waals surface area contributed by atoms with Crippen LogP contribution in [0.5, 0.6) is 0 Å². The summed E-state index contributed by atoms with van der Waals surface area (Å²) in [5, 5.41) is 1.58. The highest BCUT2D eigenvalue weighted by atomic mass is 32.2. The van der Waals surface area contributed by atoms with Crippen LogP contribution in [0.4, 0.5) is 5.69 Å². The van der Waals surface area contributed by atoms with E-state index in [2.05, 4.69) is 10.4 Å². The number of sulfonamides is 1. The molecule has 0 unspecified atom stereocenters. The Morgan fingerprint density at radius 1 is 1.21 bits per heavy atom. The average molecular weight is 348 g/mol. The molecule has 2 N–H and O–H groups in total. The third-order valence-corrected chi connectivity index (χ3v) is 5.89. The summed E-state index contributed by atoms with van der Waals surface area (Å²) in [6, 6.07) is 10.7. The summed E-state index contributed by atoms with van der Waals surface area (Å²) in [5.74, 6) is -0.399. The molecular weight excluding hydrogens is 328 g/mol. The van der Waals surface area contributed by atoms with Crippen molar-refractivity contribution in [3.05, 3.63) is 48.3 Å². The molecule has 1 aliphatic rings. The molecule has 1 aromatic carbocycles. The Morgan fingerprint density at radius 2 is 1.88 bits per heavy atom. The van der Waals surface area contributed by atoms with Crippen LogP contribution in [0.3, 0.4) is 0 Å². The van der Waals surface area contributed by atoms with Gasteiger partial charge in [0.15, 0.2) is 0 Å². The van der Waals surface area contributed by atoms with Crippen molar-refractivity contribution in [1.29, 1.82) is 0 Å². The lowest BCUT2D eigenvalue weighted by atomic mass is 10.3. The van der Waals surface area contributed by atoms with Crippen LogP contribution in [-0.4, -0.2) is 43.8 Å². The van der Waals surface area contributed by atoms with Crippen molar-refractivity contribution in [1.82, 2.24) is 14.7 Å². The molecule has 24 heavy (non-hydrogen) atoms. The highest BCUT2D eigenvalue weighted by molar-refractivity contribution is 7.89. The largest absolute Gasteiger partial charge is 0.356 e. The van der Waals surface area contributed by atoms with E-state index in [1.807, 2.05) is 30.3 Å². The summed E-state index contributed by atoms with van der Waals surface area (Å²) in [7, 11) is -1.80. The molecule has 1 fully saturated rings. The summed E-state index contributed by atoms with van der Waals surface area (Å²) in [5.41, 5.74) is 3.73. The molecule has 1 aromatic heterocycles. The molecule has 128 valence electrons. The molecule has 0 aliphatic carbocycles. The number of aromatic amines is 1. The molecule has 1 saturated heterocycles. The number of benzene rings is 1. The van der Waals surface area contributed by atoms with Gasteiger partial charge >= 0.3 is 0 Å². The Kier molecular flexibility index (Phi) is 4.59. The quantitative estimate of drug-likeness (QED) is 0.804. The summed E-state index contributed by atoms with van der Waals surface area (Å²) >= 11 is 0. The summed E-state index contributed by atoms with van der Waals surface area (Å²) < 4.78 is 26.4. The minimum atomic E-state index is -3.52. The van der Waals surface area contributed by atoms with Crippen LogP contribution >= 0.6 is 0 Å². The van der Waals surface area contributed by atoms with E-state index in [9.17, 15) is 13.2 Å². The molecule has 0 spiro atoms. The van der Waals surface area contributed by atoms with E-state index in [0.717, 1.165) is 18.5 Å². The van der Waals surface area contributed by atoms with Crippen LogP contribution in [0.15, 0.2) is 47.5 Å². The Balaban J connectivity index is 1.72. The Hall–Kier alpha value is -2.32. The summed E-state index contributed by atoms with van der Waals surface area (Å²) in [6.07, 6.45) is 3.11. The van der Waals surface area contributed by atoms with Crippen molar-refractivity contribution in [3.8, 4) is 0 Å². The number of amides is 1. The number of hydrogen-bond acceptors (Lipinski definition) is 4. The molecule has 0 saturated carbocycles. The van der Waals surface area contributed by atoms with Crippen molar-refractivity contribution in [2.24, 2.45) is 0 Å². The van der Waals surface area contributed by atoms with E-state index in [4.69, 9.17) is 0 Å². The highest BCUT2D eigenvalue weighted by Crippen LogP contribution is 2.21. The average Bonchev–Trinajstić information content (AvgIpc) is 3.27. The monoisotopic (exact) mass is 348 g/mol. The van der Waals surface area contributed by atoms with E-state index in [0.29, 0.717) is 13.1 Å². The van der Waals surface area contributed by atoms with Crippen LogP contribution in [0.2, 0.25) is 0 Å². The maximum atomic E-state index is 12.5. The van der Waals surface area contributed by atoms with Gasteiger partial charge in [-0.05, 0) is 31.0 Å². The first-order chi connectivity index (χ1) is 11.5. The first-order valence-electron chi connectivity index (χ1n) is 7.77. The molecule has 7 nitrogen and oxygen atoms in total. The molecule has 2 heterocycles. The van der Waals surface area contributed by atoms with E-state index in [1.165, 1.54) is 16.6 Å². The fourth-order valence-electron chi connectivity index (χ4n) is 2.66. The zero-order valence-electron chi connectivity index (χ0n) is 13.4. The van der Waals surface area contributed by atoms with Gasteiger partial charge in [0.1, 0.15) is 10.6 Å². The maximum absolute atomic E-state index is 12.5. The van der Waals surface area contributed by atoms with Gasteiger partial charge in [0.2, 0.25) is 10.0 Å². The van der Waals surface area contributed by atoms with Crippen LogP contribution in [-0.2, 0) is 10.0 Å². The Bertz CT molecular complexity index is 811. The number of para-hydroxylation sites is 1. The molecule has 2 aromatic rings. The van der Waals surface area contributed by atoms with Gasteiger partial charge < -0.3 is 4.98 Å². The fourth-order valence-corrected chi connectivity index (χ4v) is 4.17. The van der Waals surface area contributed by atoms with Crippen molar-refractivity contribution >= 4 is 21.6 Å². The van der Waals surface area contributed by atoms with Gasteiger partial charge in [0.05, 0.1) is 5.69 Å². The van der Waals surface area contributed by atoms with Gasteiger partial charge in [-0.2, -0.15) is 4.31 Å².